The molecule has 0 fully saturated rings. The molecule has 19 heavy (non-hydrogen) atoms. The van der Waals surface area contributed by atoms with E-state index in [1.165, 1.54) is 6.92 Å². The second-order valence-corrected chi connectivity index (χ2v) is 4.67. The quantitative estimate of drug-likeness (QED) is 0.650. The molecule has 0 aliphatic rings. The molecular weight excluding hydrogens is 240 g/mol. The zero-order valence-corrected chi connectivity index (χ0v) is 10.9. The largest absolute Gasteiger partial charge is 0.461 e. The fourth-order valence-corrected chi connectivity index (χ4v) is 2.34. The van der Waals surface area contributed by atoms with Crippen LogP contribution in [0.4, 0.5) is 0 Å². The number of aryl methyl sites for hydroxylation is 1. The van der Waals surface area contributed by atoms with E-state index in [9.17, 15) is 4.79 Å². The predicted octanol–water partition coefficient (Wildman–Crippen LogP) is 3.96. The Labute approximate surface area is 110 Å². The van der Waals surface area contributed by atoms with Crippen LogP contribution >= 0.6 is 0 Å². The van der Waals surface area contributed by atoms with E-state index in [2.05, 4.69) is 0 Å². The van der Waals surface area contributed by atoms with Gasteiger partial charge in [0.15, 0.2) is 0 Å². The van der Waals surface area contributed by atoms with E-state index in [1.54, 1.807) is 0 Å². The Bertz CT molecular complexity index is 768. The van der Waals surface area contributed by atoms with Gasteiger partial charge in [0.2, 0.25) is 0 Å². The van der Waals surface area contributed by atoms with Crippen molar-refractivity contribution in [1.29, 1.82) is 0 Å². The first-order valence-corrected chi connectivity index (χ1v) is 6.19. The molecule has 0 atom stereocenters. The lowest BCUT2D eigenvalue weighted by molar-refractivity contribution is -0.142. The lowest BCUT2D eigenvalue weighted by Gasteiger charge is -2.04. The SMILES string of the molecule is CC(=O)OCc1cc(C)c2oc3ccccc3c2c1. The highest BCUT2D eigenvalue weighted by Crippen LogP contribution is 2.31. The van der Waals surface area contributed by atoms with Crippen molar-refractivity contribution < 1.29 is 13.9 Å². The third kappa shape index (κ3) is 2.08. The van der Waals surface area contributed by atoms with Crippen LogP contribution in [0.3, 0.4) is 0 Å². The summed E-state index contributed by atoms with van der Waals surface area (Å²) in [4.78, 5) is 10.9. The predicted molar refractivity (Wildman–Crippen MR) is 73.9 cm³/mol. The number of fused-ring (bicyclic) bond motifs is 3. The Kier molecular flexibility index (Phi) is 2.75. The molecule has 2 aromatic carbocycles. The second-order valence-electron chi connectivity index (χ2n) is 4.67. The van der Waals surface area contributed by atoms with Gasteiger partial charge in [-0.05, 0) is 36.2 Å². The van der Waals surface area contributed by atoms with Crippen molar-refractivity contribution in [2.45, 2.75) is 20.5 Å². The van der Waals surface area contributed by atoms with Crippen molar-refractivity contribution in [3.8, 4) is 0 Å². The molecule has 0 radical (unpaired) electrons. The van der Waals surface area contributed by atoms with Gasteiger partial charge in [0, 0.05) is 17.7 Å². The van der Waals surface area contributed by atoms with Crippen molar-refractivity contribution in [3.63, 3.8) is 0 Å². The summed E-state index contributed by atoms with van der Waals surface area (Å²) < 4.78 is 10.9. The summed E-state index contributed by atoms with van der Waals surface area (Å²) in [6.07, 6.45) is 0. The van der Waals surface area contributed by atoms with E-state index >= 15 is 0 Å². The summed E-state index contributed by atoms with van der Waals surface area (Å²) >= 11 is 0. The fraction of sp³-hybridized carbons (Fsp3) is 0.188. The molecular formula is C16H14O3. The topological polar surface area (TPSA) is 39.4 Å². The molecule has 3 heteroatoms. The van der Waals surface area contributed by atoms with E-state index in [1.807, 2.05) is 43.3 Å². The lowest BCUT2D eigenvalue weighted by Crippen LogP contribution is -1.98. The van der Waals surface area contributed by atoms with Crippen LogP contribution in [0, 0.1) is 6.92 Å². The number of hydrogen-bond donors (Lipinski definition) is 0. The van der Waals surface area contributed by atoms with Crippen molar-refractivity contribution in [1.82, 2.24) is 0 Å². The normalized spacial score (nSPS) is 11.1. The van der Waals surface area contributed by atoms with Crippen molar-refractivity contribution in [2.75, 3.05) is 0 Å². The first-order chi connectivity index (χ1) is 9.15. The van der Waals surface area contributed by atoms with Crippen molar-refractivity contribution in [2.24, 2.45) is 0 Å². The molecule has 0 aliphatic carbocycles. The molecule has 0 amide bonds. The minimum Gasteiger partial charge on any atom is -0.461 e. The zero-order valence-electron chi connectivity index (χ0n) is 10.9. The van der Waals surface area contributed by atoms with Gasteiger partial charge < -0.3 is 9.15 Å². The van der Waals surface area contributed by atoms with Gasteiger partial charge in [0.25, 0.3) is 0 Å². The number of esters is 1. The fourth-order valence-electron chi connectivity index (χ4n) is 2.34. The molecule has 96 valence electrons. The van der Waals surface area contributed by atoms with Gasteiger partial charge in [0.05, 0.1) is 0 Å². The molecule has 0 saturated heterocycles. The van der Waals surface area contributed by atoms with Crippen LogP contribution in [0.15, 0.2) is 40.8 Å². The lowest BCUT2D eigenvalue weighted by atomic mass is 10.1. The van der Waals surface area contributed by atoms with E-state index < -0.39 is 0 Å². The van der Waals surface area contributed by atoms with Gasteiger partial charge in [-0.2, -0.15) is 0 Å². The van der Waals surface area contributed by atoms with Crippen molar-refractivity contribution in [3.05, 3.63) is 47.5 Å². The molecule has 0 aliphatic heterocycles. The monoisotopic (exact) mass is 254 g/mol. The Morgan fingerprint density at radius 1 is 1.21 bits per heavy atom. The first kappa shape index (κ1) is 11.8. The van der Waals surface area contributed by atoms with Crippen molar-refractivity contribution >= 4 is 27.9 Å². The molecule has 0 unspecified atom stereocenters. The molecule has 3 rings (SSSR count). The highest BCUT2D eigenvalue weighted by molar-refractivity contribution is 6.06. The third-order valence-electron chi connectivity index (χ3n) is 3.17. The average molecular weight is 254 g/mol. The van der Waals surface area contributed by atoms with Gasteiger partial charge in [-0.1, -0.05) is 18.2 Å². The van der Waals surface area contributed by atoms with Crippen LogP contribution in [-0.2, 0) is 16.1 Å². The Morgan fingerprint density at radius 2 is 2.00 bits per heavy atom. The van der Waals surface area contributed by atoms with Crippen LogP contribution < -0.4 is 0 Å². The van der Waals surface area contributed by atoms with Gasteiger partial charge in [-0.25, -0.2) is 0 Å². The molecule has 1 heterocycles. The Balaban J connectivity index is 2.17. The third-order valence-corrected chi connectivity index (χ3v) is 3.17. The molecule has 3 nitrogen and oxygen atoms in total. The average Bonchev–Trinajstić information content (AvgIpc) is 2.76. The van der Waals surface area contributed by atoms with Crippen LogP contribution in [0.25, 0.3) is 21.9 Å². The standard InChI is InChI=1S/C16H14O3/c1-10-7-12(9-18-11(2)17)8-14-13-5-3-4-6-15(13)19-16(10)14/h3-8H,9H2,1-2H3. The van der Waals surface area contributed by atoms with E-state index in [-0.39, 0.29) is 5.97 Å². The Morgan fingerprint density at radius 3 is 2.79 bits per heavy atom. The Hall–Kier alpha value is -2.29. The zero-order chi connectivity index (χ0) is 13.4. The van der Waals surface area contributed by atoms with Crippen LogP contribution in [-0.4, -0.2) is 5.97 Å². The number of carbonyl (C=O) groups excluding carboxylic acids is 1. The minimum atomic E-state index is -0.269. The summed E-state index contributed by atoms with van der Waals surface area (Å²) in [5.41, 5.74) is 3.81. The maximum absolute atomic E-state index is 10.9. The highest BCUT2D eigenvalue weighted by Gasteiger charge is 2.10. The molecule has 1 aromatic heterocycles. The van der Waals surface area contributed by atoms with Gasteiger partial charge >= 0.3 is 5.97 Å². The molecule has 0 spiro atoms. The molecule has 0 saturated carbocycles. The smallest absolute Gasteiger partial charge is 0.302 e. The number of benzene rings is 2. The highest BCUT2D eigenvalue weighted by atomic mass is 16.5. The summed E-state index contributed by atoms with van der Waals surface area (Å²) in [6, 6.07) is 12.0. The summed E-state index contributed by atoms with van der Waals surface area (Å²) in [5.74, 6) is -0.269. The molecule has 3 aromatic rings. The second kappa shape index (κ2) is 4.43. The summed E-state index contributed by atoms with van der Waals surface area (Å²) in [6.45, 7) is 3.71. The number of hydrogen-bond acceptors (Lipinski definition) is 3. The number of ether oxygens (including phenoxy) is 1. The van der Waals surface area contributed by atoms with Crippen LogP contribution in [0.1, 0.15) is 18.1 Å². The van der Waals surface area contributed by atoms with Crippen LogP contribution in [0.2, 0.25) is 0 Å². The number of furan rings is 1. The minimum absolute atomic E-state index is 0.269. The van der Waals surface area contributed by atoms with E-state index in [0.29, 0.717) is 6.61 Å². The van der Waals surface area contributed by atoms with E-state index in [0.717, 1.165) is 33.1 Å². The number of carbonyl (C=O) groups is 1. The van der Waals surface area contributed by atoms with Crippen LogP contribution in [0.5, 0.6) is 0 Å². The molecule has 0 bridgehead atoms. The summed E-state index contributed by atoms with van der Waals surface area (Å²) in [7, 11) is 0. The number of para-hydroxylation sites is 1. The van der Waals surface area contributed by atoms with E-state index in [4.69, 9.17) is 9.15 Å². The summed E-state index contributed by atoms with van der Waals surface area (Å²) in [5, 5.41) is 2.16. The van der Waals surface area contributed by atoms with Gasteiger partial charge in [-0.15, -0.1) is 0 Å². The maximum atomic E-state index is 10.9. The first-order valence-electron chi connectivity index (χ1n) is 6.19. The van der Waals surface area contributed by atoms with Gasteiger partial charge in [-0.3, -0.25) is 4.79 Å². The number of rotatable bonds is 2. The van der Waals surface area contributed by atoms with Gasteiger partial charge in [0.1, 0.15) is 17.8 Å². The molecule has 0 N–H and O–H groups in total. The maximum Gasteiger partial charge on any atom is 0.302 e.